The largest absolute Gasteiger partial charge is 0.463 e. The maximum absolute atomic E-state index is 11.2. The van der Waals surface area contributed by atoms with Crippen LogP contribution in [-0.4, -0.2) is 45.2 Å². The van der Waals surface area contributed by atoms with Gasteiger partial charge < -0.3 is 18.9 Å². The SMILES string of the molecule is CCC(C)C(=O)OCCOC.CCOC(C)OC(=O)C(C)CC. The van der Waals surface area contributed by atoms with Crippen LogP contribution in [0.3, 0.4) is 0 Å². The van der Waals surface area contributed by atoms with Crippen molar-refractivity contribution in [2.45, 2.75) is 60.7 Å². The molecule has 0 aromatic carbocycles. The zero-order valence-electron chi connectivity index (χ0n) is 15.7. The second-order valence-corrected chi connectivity index (χ2v) is 5.24. The third-order valence-electron chi connectivity index (χ3n) is 3.24. The third kappa shape index (κ3) is 14.2. The molecule has 0 aliphatic heterocycles. The topological polar surface area (TPSA) is 71.1 Å². The van der Waals surface area contributed by atoms with Gasteiger partial charge in [0, 0.05) is 13.7 Å². The van der Waals surface area contributed by atoms with Crippen LogP contribution in [-0.2, 0) is 28.5 Å². The quantitative estimate of drug-likeness (QED) is 0.347. The van der Waals surface area contributed by atoms with E-state index in [1.54, 1.807) is 14.0 Å². The fourth-order valence-electron chi connectivity index (χ4n) is 1.25. The standard InChI is InChI=1S/C9H18O3.C8H16O3/c1-5-7(3)9(10)12-8(4)11-6-2;1-4-7(2)8(9)11-6-5-10-3/h7-8H,5-6H2,1-4H3;7H,4-6H2,1-3H3. The van der Waals surface area contributed by atoms with Crippen LogP contribution in [0.4, 0.5) is 0 Å². The van der Waals surface area contributed by atoms with Gasteiger partial charge in [-0.15, -0.1) is 0 Å². The summed E-state index contributed by atoms with van der Waals surface area (Å²) < 4.78 is 19.6. The highest BCUT2D eigenvalue weighted by Crippen LogP contribution is 2.06. The predicted octanol–water partition coefficient (Wildman–Crippen LogP) is 3.18. The molecule has 138 valence electrons. The fraction of sp³-hybridized carbons (Fsp3) is 0.882. The molecular formula is C17H34O6. The molecule has 0 rings (SSSR count). The van der Waals surface area contributed by atoms with Crippen molar-refractivity contribution in [2.75, 3.05) is 26.9 Å². The molecule has 0 bridgehead atoms. The van der Waals surface area contributed by atoms with Gasteiger partial charge in [0.25, 0.3) is 0 Å². The van der Waals surface area contributed by atoms with E-state index >= 15 is 0 Å². The Balaban J connectivity index is 0. The molecule has 0 saturated heterocycles. The summed E-state index contributed by atoms with van der Waals surface area (Å²) in [4.78, 5) is 22.1. The van der Waals surface area contributed by atoms with Gasteiger partial charge in [-0.1, -0.05) is 27.7 Å². The van der Waals surface area contributed by atoms with Gasteiger partial charge in [0.15, 0.2) is 6.29 Å². The molecule has 6 nitrogen and oxygen atoms in total. The summed E-state index contributed by atoms with van der Waals surface area (Å²) in [5, 5.41) is 0. The number of rotatable bonds is 10. The van der Waals surface area contributed by atoms with Gasteiger partial charge in [0.05, 0.1) is 18.4 Å². The second kappa shape index (κ2) is 15.7. The van der Waals surface area contributed by atoms with E-state index < -0.39 is 6.29 Å². The van der Waals surface area contributed by atoms with Gasteiger partial charge in [0.2, 0.25) is 0 Å². The minimum Gasteiger partial charge on any atom is -0.463 e. The Morgan fingerprint density at radius 1 is 0.870 bits per heavy atom. The van der Waals surface area contributed by atoms with Crippen molar-refractivity contribution in [3.63, 3.8) is 0 Å². The Bertz CT molecular complexity index is 305. The molecular weight excluding hydrogens is 300 g/mol. The first-order valence-corrected chi connectivity index (χ1v) is 8.31. The summed E-state index contributed by atoms with van der Waals surface area (Å²) in [6, 6.07) is 0. The van der Waals surface area contributed by atoms with Crippen LogP contribution in [0.5, 0.6) is 0 Å². The molecule has 0 heterocycles. The minimum atomic E-state index is -0.420. The molecule has 3 atom stereocenters. The Hall–Kier alpha value is -1.14. The number of hydrogen-bond donors (Lipinski definition) is 0. The molecule has 0 N–H and O–H groups in total. The highest BCUT2D eigenvalue weighted by atomic mass is 16.7. The average Bonchev–Trinajstić information content (AvgIpc) is 2.54. The van der Waals surface area contributed by atoms with E-state index in [2.05, 4.69) is 0 Å². The average molecular weight is 334 g/mol. The lowest BCUT2D eigenvalue weighted by Gasteiger charge is -2.15. The predicted molar refractivity (Wildman–Crippen MR) is 88.9 cm³/mol. The first kappa shape index (κ1) is 24.1. The van der Waals surface area contributed by atoms with E-state index in [1.807, 2.05) is 34.6 Å². The Labute approximate surface area is 140 Å². The lowest BCUT2D eigenvalue weighted by atomic mass is 10.1. The van der Waals surface area contributed by atoms with Crippen LogP contribution >= 0.6 is 0 Å². The zero-order chi connectivity index (χ0) is 18.3. The van der Waals surface area contributed by atoms with E-state index in [9.17, 15) is 9.59 Å². The van der Waals surface area contributed by atoms with Crippen molar-refractivity contribution >= 4 is 11.9 Å². The lowest BCUT2D eigenvalue weighted by molar-refractivity contribution is -0.178. The highest BCUT2D eigenvalue weighted by molar-refractivity contribution is 5.72. The van der Waals surface area contributed by atoms with Crippen LogP contribution in [0.25, 0.3) is 0 Å². The number of esters is 2. The number of ether oxygens (including phenoxy) is 4. The molecule has 0 aliphatic rings. The third-order valence-corrected chi connectivity index (χ3v) is 3.24. The van der Waals surface area contributed by atoms with Crippen molar-refractivity contribution in [3.05, 3.63) is 0 Å². The molecule has 0 fully saturated rings. The maximum atomic E-state index is 11.2. The molecule has 0 aromatic rings. The van der Waals surface area contributed by atoms with E-state index in [0.717, 1.165) is 12.8 Å². The number of carbonyl (C=O) groups excluding carboxylic acids is 2. The van der Waals surface area contributed by atoms with Gasteiger partial charge >= 0.3 is 11.9 Å². The monoisotopic (exact) mass is 334 g/mol. The van der Waals surface area contributed by atoms with Crippen molar-refractivity contribution < 1.29 is 28.5 Å². The van der Waals surface area contributed by atoms with Crippen molar-refractivity contribution in [1.29, 1.82) is 0 Å². The van der Waals surface area contributed by atoms with Crippen LogP contribution in [0.2, 0.25) is 0 Å². The van der Waals surface area contributed by atoms with E-state index in [0.29, 0.717) is 19.8 Å². The smallest absolute Gasteiger partial charge is 0.310 e. The minimum absolute atomic E-state index is 0.00635. The Morgan fingerprint density at radius 3 is 1.83 bits per heavy atom. The first-order valence-electron chi connectivity index (χ1n) is 8.31. The fourth-order valence-corrected chi connectivity index (χ4v) is 1.25. The molecule has 0 saturated carbocycles. The summed E-state index contributed by atoms with van der Waals surface area (Å²) in [6.45, 7) is 12.6. The van der Waals surface area contributed by atoms with Gasteiger partial charge in [-0.25, -0.2) is 0 Å². The molecule has 0 radical (unpaired) electrons. The van der Waals surface area contributed by atoms with Crippen LogP contribution in [0.15, 0.2) is 0 Å². The number of carbonyl (C=O) groups is 2. The van der Waals surface area contributed by atoms with E-state index in [1.165, 1.54) is 0 Å². The molecule has 6 heteroatoms. The number of hydrogen-bond acceptors (Lipinski definition) is 6. The second-order valence-electron chi connectivity index (χ2n) is 5.24. The van der Waals surface area contributed by atoms with Gasteiger partial charge in [-0.2, -0.15) is 0 Å². The molecule has 0 aromatic heterocycles. The molecule has 3 unspecified atom stereocenters. The van der Waals surface area contributed by atoms with Crippen LogP contribution in [0, 0.1) is 11.8 Å². The highest BCUT2D eigenvalue weighted by Gasteiger charge is 2.15. The summed E-state index contributed by atoms with van der Waals surface area (Å²) in [6.07, 6.45) is 1.21. The molecule has 0 aliphatic carbocycles. The Kier molecular flexibility index (Phi) is 16.5. The molecule has 0 amide bonds. The van der Waals surface area contributed by atoms with Gasteiger partial charge in [-0.05, 0) is 26.7 Å². The van der Waals surface area contributed by atoms with Gasteiger partial charge in [0.1, 0.15) is 6.61 Å². The first-order chi connectivity index (χ1) is 10.8. The normalized spacial score (nSPS) is 14.0. The summed E-state index contributed by atoms with van der Waals surface area (Å²) in [5.74, 6) is -0.345. The zero-order valence-corrected chi connectivity index (χ0v) is 15.7. The number of methoxy groups -OCH3 is 1. The molecule has 23 heavy (non-hydrogen) atoms. The van der Waals surface area contributed by atoms with E-state index in [-0.39, 0.29) is 23.8 Å². The lowest BCUT2D eigenvalue weighted by Crippen LogP contribution is -2.22. The maximum Gasteiger partial charge on any atom is 0.310 e. The molecule has 0 spiro atoms. The summed E-state index contributed by atoms with van der Waals surface area (Å²) in [7, 11) is 1.58. The summed E-state index contributed by atoms with van der Waals surface area (Å²) >= 11 is 0. The van der Waals surface area contributed by atoms with Crippen LogP contribution in [0.1, 0.15) is 54.4 Å². The Morgan fingerprint density at radius 2 is 1.39 bits per heavy atom. The van der Waals surface area contributed by atoms with Gasteiger partial charge in [-0.3, -0.25) is 9.59 Å². The van der Waals surface area contributed by atoms with E-state index in [4.69, 9.17) is 18.9 Å². The van der Waals surface area contributed by atoms with Crippen LogP contribution < -0.4 is 0 Å². The van der Waals surface area contributed by atoms with Crippen molar-refractivity contribution in [1.82, 2.24) is 0 Å². The van der Waals surface area contributed by atoms with Crippen molar-refractivity contribution in [3.8, 4) is 0 Å². The summed E-state index contributed by atoms with van der Waals surface area (Å²) in [5.41, 5.74) is 0. The van der Waals surface area contributed by atoms with Crippen molar-refractivity contribution in [2.24, 2.45) is 11.8 Å².